The zero-order chi connectivity index (χ0) is 15.4. The molecule has 2 aromatic carbocycles. The number of aliphatic carboxylic acids is 1. The molecule has 2 rings (SSSR count). The maximum atomic E-state index is 13.9. The molecule has 3 nitrogen and oxygen atoms in total. The van der Waals surface area contributed by atoms with E-state index in [1.807, 2.05) is 26.0 Å². The van der Waals surface area contributed by atoms with Gasteiger partial charge in [-0.15, -0.1) is 0 Å². The first kappa shape index (κ1) is 14.8. The van der Waals surface area contributed by atoms with Gasteiger partial charge in [-0.25, -0.2) is 9.18 Å². The molecule has 2 aromatic rings. The summed E-state index contributed by atoms with van der Waals surface area (Å²) in [6, 6.07) is 9.82. The fourth-order valence-corrected chi connectivity index (χ4v) is 1.82. The predicted molar refractivity (Wildman–Crippen MR) is 79.1 cm³/mol. The molecule has 0 aromatic heterocycles. The Balaban J connectivity index is 2.38. The molecule has 0 aliphatic heterocycles. The molecule has 0 aliphatic carbocycles. The van der Waals surface area contributed by atoms with Gasteiger partial charge in [-0.1, -0.05) is 18.2 Å². The van der Waals surface area contributed by atoms with Crippen LogP contribution in [0.1, 0.15) is 16.7 Å². The zero-order valence-corrected chi connectivity index (χ0v) is 11.8. The van der Waals surface area contributed by atoms with Crippen LogP contribution in [0.4, 0.5) is 4.39 Å². The van der Waals surface area contributed by atoms with Crippen LogP contribution in [-0.2, 0) is 4.79 Å². The molecule has 0 atom stereocenters. The van der Waals surface area contributed by atoms with Crippen molar-refractivity contribution in [2.45, 2.75) is 13.8 Å². The van der Waals surface area contributed by atoms with E-state index in [1.165, 1.54) is 18.2 Å². The topological polar surface area (TPSA) is 46.5 Å². The number of carboxylic acids is 1. The van der Waals surface area contributed by atoms with Gasteiger partial charge in [0.05, 0.1) is 0 Å². The number of rotatable bonds is 4. The first-order chi connectivity index (χ1) is 9.97. The molecule has 0 amide bonds. The number of carboxylic acid groups (broad SMARTS) is 1. The number of ether oxygens (including phenoxy) is 1. The molecule has 0 saturated carbocycles. The molecule has 1 N–H and O–H groups in total. The fraction of sp³-hybridized carbons (Fsp3) is 0.118. The van der Waals surface area contributed by atoms with Crippen LogP contribution in [0.25, 0.3) is 6.08 Å². The smallest absolute Gasteiger partial charge is 0.328 e. The Morgan fingerprint density at radius 3 is 2.62 bits per heavy atom. The van der Waals surface area contributed by atoms with E-state index in [1.54, 1.807) is 12.1 Å². The molecule has 21 heavy (non-hydrogen) atoms. The van der Waals surface area contributed by atoms with Crippen molar-refractivity contribution in [3.8, 4) is 11.5 Å². The zero-order valence-electron chi connectivity index (χ0n) is 11.8. The lowest BCUT2D eigenvalue weighted by Crippen LogP contribution is -1.93. The van der Waals surface area contributed by atoms with Crippen LogP contribution in [0.2, 0.25) is 0 Å². The predicted octanol–water partition coefficient (Wildman–Crippen LogP) is 4.33. The van der Waals surface area contributed by atoms with Crippen molar-refractivity contribution in [3.63, 3.8) is 0 Å². The largest absolute Gasteiger partial charge is 0.478 e. The van der Waals surface area contributed by atoms with Crippen molar-refractivity contribution in [2.24, 2.45) is 0 Å². The van der Waals surface area contributed by atoms with Crippen LogP contribution in [0.15, 0.2) is 42.5 Å². The summed E-state index contributed by atoms with van der Waals surface area (Å²) in [5.74, 6) is -1.12. The van der Waals surface area contributed by atoms with Crippen LogP contribution >= 0.6 is 0 Å². The third-order valence-electron chi connectivity index (χ3n) is 3.10. The number of hydrogen-bond donors (Lipinski definition) is 1. The van der Waals surface area contributed by atoms with Gasteiger partial charge in [0.25, 0.3) is 0 Å². The molecule has 0 unspecified atom stereocenters. The molecule has 0 radical (unpaired) electrons. The highest BCUT2D eigenvalue weighted by Gasteiger charge is 2.10. The number of carbonyl (C=O) groups is 1. The van der Waals surface area contributed by atoms with Crippen molar-refractivity contribution in [1.82, 2.24) is 0 Å². The third-order valence-corrected chi connectivity index (χ3v) is 3.10. The van der Waals surface area contributed by atoms with Gasteiger partial charge in [0.2, 0.25) is 0 Å². The summed E-state index contributed by atoms with van der Waals surface area (Å²) >= 11 is 0. The van der Waals surface area contributed by atoms with Crippen LogP contribution in [0.5, 0.6) is 11.5 Å². The Hall–Kier alpha value is -2.62. The second-order valence-corrected chi connectivity index (χ2v) is 4.68. The monoisotopic (exact) mass is 286 g/mol. The summed E-state index contributed by atoms with van der Waals surface area (Å²) in [4.78, 5) is 10.6. The average molecular weight is 286 g/mol. The van der Waals surface area contributed by atoms with Crippen molar-refractivity contribution >= 4 is 12.0 Å². The second-order valence-electron chi connectivity index (χ2n) is 4.68. The minimum absolute atomic E-state index is 0.0123. The van der Waals surface area contributed by atoms with Crippen LogP contribution in [-0.4, -0.2) is 11.1 Å². The quantitative estimate of drug-likeness (QED) is 0.851. The number of benzene rings is 2. The van der Waals surface area contributed by atoms with E-state index >= 15 is 0 Å². The number of halogens is 1. The Bertz CT molecular complexity index is 705. The maximum absolute atomic E-state index is 13.9. The Labute approximate surface area is 122 Å². The summed E-state index contributed by atoms with van der Waals surface area (Å²) < 4.78 is 19.5. The van der Waals surface area contributed by atoms with Gasteiger partial charge in [-0.05, 0) is 49.2 Å². The van der Waals surface area contributed by atoms with Crippen molar-refractivity contribution in [3.05, 3.63) is 65.0 Å². The summed E-state index contributed by atoms with van der Waals surface area (Å²) in [7, 11) is 0. The van der Waals surface area contributed by atoms with Crippen molar-refractivity contribution < 1.29 is 19.0 Å². The molecular formula is C17H15FO3. The average Bonchev–Trinajstić information content (AvgIpc) is 2.43. The molecule has 0 bridgehead atoms. The fourth-order valence-electron chi connectivity index (χ4n) is 1.82. The van der Waals surface area contributed by atoms with Crippen molar-refractivity contribution in [2.75, 3.05) is 0 Å². The summed E-state index contributed by atoms with van der Waals surface area (Å²) in [5.41, 5.74) is 2.52. The van der Waals surface area contributed by atoms with Crippen molar-refractivity contribution in [1.29, 1.82) is 0 Å². The van der Waals surface area contributed by atoms with E-state index in [-0.39, 0.29) is 5.75 Å². The lowest BCUT2D eigenvalue weighted by Gasteiger charge is -2.11. The van der Waals surface area contributed by atoms with Gasteiger partial charge < -0.3 is 9.84 Å². The van der Waals surface area contributed by atoms with E-state index < -0.39 is 11.8 Å². The maximum Gasteiger partial charge on any atom is 0.328 e. The van der Waals surface area contributed by atoms with Crippen LogP contribution < -0.4 is 4.74 Å². The van der Waals surface area contributed by atoms with Gasteiger partial charge in [-0.2, -0.15) is 0 Å². The highest BCUT2D eigenvalue weighted by atomic mass is 19.1. The standard InChI is InChI=1S/C17H15FO3/c1-11-6-8-14(10-12(11)2)21-17-13(7-9-16(19)20)4-3-5-15(17)18/h3-10H,1-2H3,(H,19,20)/b9-7+. The summed E-state index contributed by atoms with van der Waals surface area (Å²) in [6.45, 7) is 3.91. The Kier molecular flexibility index (Phi) is 4.38. The SMILES string of the molecule is Cc1ccc(Oc2c(F)cccc2/C=C/C(=O)O)cc1C. The van der Waals surface area contributed by atoms with E-state index in [4.69, 9.17) is 9.84 Å². The van der Waals surface area contributed by atoms with E-state index in [0.29, 0.717) is 11.3 Å². The summed E-state index contributed by atoms with van der Waals surface area (Å²) in [6.07, 6.45) is 2.25. The van der Waals surface area contributed by atoms with Crippen LogP contribution in [0, 0.1) is 19.7 Å². The Morgan fingerprint density at radius 2 is 1.95 bits per heavy atom. The highest BCUT2D eigenvalue weighted by molar-refractivity contribution is 5.85. The van der Waals surface area contributed by atoms with Crippen LogP contribution in [0.3, 0.4) is 0 Å². The highest BCUT2D eigenvalue weighted by Crippen LogP contribution is 2.30. The third kappa shape index (κ3) is 3.69. The second kappa shape index (κ2) is 6.22. The number of aryl methyl sites for hydroxylation is 2. The molecule has 0 heterocycles. The minimum Gasteiger partial charge on any atom is -0.478 e. The molecule has 0 aliphatic rings. The molecule has 0 saturated heterocycles. The van der Waals surface area contributed by atoms with Gasteiger partial charge in [-0.3, -0.25) is 0 Å². The minimum atomic E-state index is -1.10. The van der Waals surface area contributed by atoms with E-state index in [2.05, 4.69) is 0 Å². The normalized spacial score (nSPS) is 10.8. The molecule has 0 spiro atoms. The lowest BCUT2D eigenvalue weighted by atomic mass is 10.1. The molecule has 0 fully saturated rings. The molecule has 108 valence electrons. The number of hydrogen-bond acceptors (Lipinski definition) is 2. The molecule has 4 heteroatoms. The Morgan fingerprint density at radius 1 is 1.19 bits per heavy atom. The number of para-hydroxylation sites is 1. The first-order valence-electron chi connectivity index (χ1n) is 6.42. The van der Waals surface area contributed by atoms with E-state index in [0.717, 1.165) is 17.2 Å². The van der Waals surface area contributed by atoms with Gasteiger partial charge in [0.15, 0.2) is 11.6 Å². The van der Waals surface area contributed by atoms with Gasteiger partial charge >= 0.3 is 5.97 Å². The van der Waals surface area contributed by atoms with Gasteiger partial charge in [0, 0.05) is 11.6 Å². The lowest BCUT2D eigenvalue weighted by molar-refractivity contribution is -0.131. The first-order valence-corrected chi connectivity index (χ1v) is 6.42. The van der Waals surface area contributed by atoms with Gasteiger partial charge in [0.1, 0.15) is 5.75 Å². The van der Waals surface area contributed by atoms with E-state index in [9.17, 15) is 9.18 Å². The summed E-state index contributed by atoms with van der Waals surface area (Å²) in [5, 5.41) is 8.67. The molecular weight excluding hydrogens is 271 g/mol.